The highest BCUT2D eigenvalue weighted by atomic mass is 16.3. The molecule has 8 heavy (non-hydrogen) atoms. The molecule has 0 aromatic carbocycles. The second-order valence-corrected chi connectivity index (χ2v) is 1.34. The van der Waals surface area contributed by atoms with E-state index in [4.69, 9.17) is 5.11 Å². The van der Waals surface area contributed by atoms with E-state index < -0.39 is 0 Å². The lowest BCUT2D eigenvalue weighted by Gasteiger charge is -1.89. The molecule has 3 nitrogen and oxygen atoms in total. The second-order valence-electron chi connectivity index (χ2n) is 1.34. The van der Waals surface area contributed by atoms with E-state index in [0.717, 1.165) is 0 Å². The molecule has 0 unspecified atom stereocenters. The first-order chi connectivity index (χ1) is 3.81. The average molecular weight is 114 g/mol. The molecule has 0 aliphatic heterocycles. The van der Waals surface area contributed by atoms with Crippen LogP contribution >= 0.6 is 0 Å². The van der Waals surface area contributed by atoms with E-state index in [9.17, 15) is 0 Å². The van der Waals surface area contributed by atoms with Gasteiger partial charge in [0, 0.05) is 20.1 Å². The van der Waals surface area contributed by atoms with Crippen LogP contribution in [0, 0.1) is 0 Å². The Hall–Kier alpha value is -0.700. The van der Waals surface area contributed by atoms with Gasteiger partial charge < -0.3 is 5.11 Å². The molecule has 0 heterocycles. The molecule has 0 aromatic rings. The number of nitrogens with zero attached hydrogens (tertiary/aromatic N) is 2. The molecule has 3 heteroatoms. The maximum atomic E-state index is 8.30. The van der Waals surface area contributed by atoms with E-state index in [2.05, 4.69) is 16.8 Å². The fourth-order valence-corrected chi connectivity index (χ4v) is 0.320. The summed E-state index contributed by atoms with van der Waals surface area (Å²) in [7, 11) is 1.57. The van der Waals surface area contributed by atoms with E-state index in [1.54, 1.807) is 7.05 Å². The van der Waals surface area contributed by atoms with Crippen molar-refractivity contribution in [2.24, 2.45) is 10.2 Å². The van der Waals surface area contributed by atoms with Crippen molar-refractivity contribution < 1.29 is 5.11 Å². The Kier molecular flexibility index (Phi) is 4.07. The van der Waals surface area contributed by atoms with Gasteiger partial charge in [0.2, 0.25) is 0 Å². The van der Waals surface area contributed by atoms with Crippen LogP contribution in [0.4, 0.5) is 0 Å². The van der Waals surface area contributed by atoms with Gasteiger partial charge in [0.25, 0.3) is 0 Å². The van der Waals surface area contributed by atoms with E-state index in [1.165, 1.54) is 0 Å². The molecular formula is C5H10N2O. The molecule has 0 saturated heterocycles. The minimum absolute atomic E-state index is 0.0951. The maximum absolute atomic E-state index is 8.30. The molecule has 0 spiro atoms. The third-order valence-corrected chi connectivity index (χ3v) is 0.642. The summed E-state index contributed by atoms with van der Waals surface area (Å²) in [6, 6.07) is 0. The average Bonchev–Trinajstić information content (AvgIpc) is 1.68. The number of rotatable bonds is 3. The van der Waals surface area contributed by atoms with Crippen LogP contribution in [0.5, 0.6) is 0 Å². The van der Waals surface area contributed by atoms with E-state index >= 15 is 0 Å². The van der Waals surface area contributed by atoms with Crippen molar-refractivity contribution in [3.63, 3.8) is 0 Å². The lowest BCUT2D eigenvalue weighted by Crippen LogP contribution is -1.81. The summed E-state index contributed by atoms with van der Waals surface area (Å²) < 4.78 is 0. The Morgan fingerprint density at radius 1 is 1.75 bits per heavy atom. The number of aliphatic hydroxyl groups is 1. The fourth-order valence-electron chi connectivity index (χ4n) is 0.320. The summed E-state index contributed by atoms with van der Waals surface area (Å²) in [6.45, 7) is 3.61. The van der Waals surface area contributed by atoms with E-state index in [1.807, 2.05) is 0 Å². The van der Waals surface area contributed by atoms with Crippen molar-refractivity contribution in [2.45, 2.75) is 6.42 Å². The zero-order valence-electron chi connectivity index (χ0n) is 4.96. The van der Waals surface area contributed by atoms with E-state index in [-0.39, 0.29) is 6.61 Å². The number of azo groups is 1. The van der Waals surface area contributed by atoms with Gasteiger partial charge in [0.15, 0.2) is 0 Å². The Labute approximate surface area is 48.8 Å². The van der Waals surface area contributed by atoms with Gasteiger partial charge in [0.05, 0.1) is 5.70 Å². The van der Waals surface area contributed by atoms with Crippen LogP contribution in [-0.4, -0.2) is 18.8 Å². The molecule has 0 bridgehead atoms. The predicted molar refractivity (Wildman–Crippen MR) is 31.6 cm³/mol. The summed E-state index contributed by atoms with van der Waals surface area (Å²) >= 11 is 0. The third kappa shape index (κ3) is 3.49. The third-order valence-electron chi connectivity index (χ3n) is 0.642. The zero-order valence-corrected chi connectivity index (χ0v) is 4.96. The highest BCUT2D eigenvalue weighted by molar-refractivity contribution is 4.88. The summed E-state index contributed by atoms with van der Waals surface area (Å²) in [6.07, 6.45) is 0.511. The Morgan fingerprint density at radius 3 is 2.75 bits per heavy atom. The Bertz CT molecular complexity index is 98.6. The molecule has 0 aliphatic carbocycles. The Balaban J connectivity index is 3.33. The summed E-state index contributed by atoms with van der Waals surface area (Å²) in [5.74, 6) is 0. The standard InChI is InChI=1S/C5H10N2O/c1-5(3-4-8)7-6-2/h8H,1,3-4H2,2H3/b7-6-. The smallest absolute Gasteiger partial charge is 0.0577 e. The number of aliphatic hydroxyl groups excluding tert-OH is 1. The quantitative estimate of drug-likeness (QED) is 0.546. The SMILES string of the molecule is C=C(CCO)/N=N\C. The molecule has 0 radical (unpaired) electrons. The molecule has 0 saturated carbocycles. The molecule has 0 aromatic heterocycles. The zero-order chi connectivity index (χ0) is 6.41. The first-order valence-electron chi connectivity index (χ1n) is 2.39. The Morgan fingerprint density at radius 2 is 2.38 bits per heavy atom. The molecule has 0 rings (SSSR count). The van der Waals surface area contributed by atoms with Gasteiger partial charge in [-0.2, -0.15) is 10.2 Å². The molecule has 0 fully saturated rings. The largest absolute Gasteiger partial charge is 0.396 e. The van der Waals surface area contributed by atoms with Crippen LogP contribution < -0.4 is 0 Å². The van der Waals surface area contributed by atoms with Crippen molar-refractivity contribution in [3.05, 3.63) is 12.3 Å². The van der Waals surface area contributed by atoms with Crippen LogP contribution in [0.3, 0.4) is 0 Å². The number of hydrogen-bond acceptors (Lipinski definition) is 3. The van der Waals surface area contributed by atoms with Gasteiger partial charge >= 0.3 is 0 Å². The van der Waals surface area contributed by atoms with Crippen LogP contribution in [0.25, 0.3) is 0 Å². The van der Waals surface area contributed by atoms with Gasteiger partial charge in [-0.1, -0.05) is 6.58 Å². The first-order valence-corrected chi connectivity index (χ1v) is 2.39. The summed E-state index contributed by atoms with van der Waals surface area (Å²) in [5, 5.41) is 15.4. The van der Waals surface area contributed by atoms with Crippen molar-refractivity contribution in [1.29, 1.82) is 0 Å². The minimum Gasteiger partial charge on any atom is -0.396 e. The van der Waals surface area contributed by atoms with Gasteiger partial charge in [-0.3, -0.25) is 0 Å². The lowest BCUT2D eigenvalue weighted by molar-refractivity contribution is 0.298. The fraction of sp³-hybridized carbons (Fsp3) is 0.600. The van der Waals surface area contributed by atoms with Crippen molar-refractivity contribution in [3.8, 4) is 0 Å². The molecular weight excluding hydrogens is 104 g/mol. The summed E-state index contributed by atoms with van der Waals surface area (Å²) in [5.41, 5.74) is 0.620. The van der Waals surface area contributed by atoms with Gasteiger partial charge in [0.1, 0.15) is 0 Å². The topological polar surface area (TPSA) is 45.0 Å². The normalized spacial score (nSPS) is 10.2. The monoisotopic (exact) mass is 114 g/mol. The summed E-state index contributed by atoms with van der Waals surface area (Å²) in [4.78, 5) is 0. The highest BCUT2D eigenvalue weighted by Crippen LogP contribution is 1.96. The second kappa shape index (κ2) is 4.46. The predicted octanol–water partition coefficient (Wildman–Crippen LogP) is 0.965. The molecule has 0 atom stereocenters. The van der Waals surface area contributed by atoms with Crippen molar-refractivity contribution in [1.82, 2.24) is 0 Å². The first kappa shape index (κ1) is 7.30. The van der Waals surface area contributed by atoms with Crippen molar-refractivity contribution >= 4 is 0 Å². The van der Waals surface area contributed by atoms with Crippen LogP contribution in [-0.2, 0) is 0 Å². The molecule has 1 N–H and O–H groups in total. The van der Waals surface area contributed by atoms with Crippen LogP contribution in [0.1, 0.15) is 6.42 Å². The van der Waals surface area contributed by atoms with E-state index in [0.29, 0.717) is 12.1 Å². The van der Waals surface area contributed by atoms with Gasteiger partial charge in [-0.25, -0.2) is 0 Å². The van der Waals surface area contributed by atoms with Crippen molar-refractivity contribution in [2.75, 3.05) is 13.7 Å². The van der Waals surface area contributed by atoms with Gasteiger partial charge in [-0.15, -0.1) is 0 Å². The number of hydrogen-bond donors (Lipinski definition) is 1. The minimum atomic E-state index is 0.0951. The van der Waals surface area contributed by atoms with Gasteiger partial charge in [-0.05, 0) is 0 Å². The van der Waals surface area contributed by atoms with Crippen LogP contribution in [0.2, 0.25) is 0 Å². The van der Waals surface area contributed by atoms with Crippen LogP contribution in [0.15, 0.2) is 22.5 Å². The lowest BCUT2D eigenvalue weighted by atomic mass is 10.4. The highest BCUT2D eigenvalue weighted by Gasteiger charge is 1.84. The molecule has 46 valence electrons. The molecule has 0 amide bonds. The maximum Gasteiger partial charge on any atom is 0.0577 e. The molecule has 0 aliphatic rings.